The molecule has 0 atom stereocenters. The van der Waals surface area contributed by atoms with Crippen molar-refractivity contribution < 1.29 is 17.1 Å². The summed E-state index contributed by atoms with van der Waals surface area (Å²) in [7, 11) is 0. The summed E-state index contributed by atoms with van der Waals surface area (Å²) in [4.78, 5) is 0. The fourth-order valence-electron chi connectivity index (χ4n) is 0.118. The van der Waals surface area contributed by atoms with Gasteiger partial charge in [0.05, 0.1) is 0 Å². The molecule has 0 spiro atoms. The van der Waals surface area contributed by atoms with E-state index in [-0.39, 0.29) is 23.2 Å². The van der Waals surface area contributed by atoms with E-state index >= 15 is 0 Å². The van der Waals surface area contributed by atoms with Gasteiger partial charge in [-0.15, -0.1) is 0 Å². The Morgan fingerprint density at radius 3 is 1.29 bits per heavy atom. The summed E-state index contributed by atoms with van der Waals surface area (Å²) < 4.78 is 0. The molecule has 4 heteroatoms. The van der Waals surface area contributed by atoms with Gasteiger partial charge in [0.25, 0.3) is 0 Å². The van der Waals surface area contributed by atoms with E-state index in [0.717, 1.165) is 19.5 Å². The largest absolute Gasteiger partial charge is 0.344 e. The fraction of sp³-hybridized carbons (Fsp3) is 1.00. The Balaban J connectivity index is -0.0000000800. The van der Waals surface area contributed by atoms with Crippen LogP contribution in [0.3, 0.4) is 0 Å². The molecule has 0 saturated carbocycles. The smallest absolute Gasteiger partial charge is 0 e. The van der Waals surface area contributed by atoms with Crippen LogP contribution in [-0.2, 0) is 17.1 Å². The molecule has 0 aromatic rings. The monoisotopic (exact) mass is 147 g/mol. The quantitative estimate of drug-likeness (QED) is 0.458. The van der Waals surface area contributed by atoms with Crippen LogP contribution in [-0.4, -0.2) is 13.1 Å². The minimum Gasteiger partial charge on any atom is -0.344 e. The van der Waals surface area contributed by atoms with Crippen LogP contribution in [0, 0.1) is 0 Å². The third kappa shape index (κ3) is 21.5. The van der Waals surface area contributed by atoms with Crippen molar-refractivity contribution in [3.8, 4) is 0 Å². The van der Waals surface area contributed by atoms with Gasteiger partial charge in [-0.05, 0) is 19.5 Å². The Labute approximate surface area is 54.9 Å². The second-order valence-corrected chi connectivity index (χ2v) is 0.931. The third-order valence-corrected chi connectivity index (χ3v) is 0.408. The van der Waals surface area contributed by atoms with Crippen molar-refractivity contribution in [2.24, 2.45) is 11.5 Å². The first-order valence-corrected chi connectivity index (χ1v) is 1.82. The van der Waals surface area contributed by atoms with Gasteiger partial charge in [0.2, 0.25) is 0 Å². The van der Waals surface area contributed by atoms with Crippen molar-refractivity contribution in [2.45, 2.75) is 6.42 Å². The average molecular weight is 147 g/mol. The molecule has 0 aromatic carbocycles. The maximum Gasteiger partial charge on any atom is 0 e. The molecule has 3 nitrogen and oxygen atoms in total. The maximum atomic E-state index is 5.06. The Kier molecular flexibility index (Phi) is 36.1. The number of rotatable bonds is 2. The predicted molar refractivity (Wildman–Crippen MR) is 27.7 cm³/mol. The third-order valence-electron chi connectivity index (χ3n) is 0.408. The molecule has 0 unspecified atom stereocenters. The van der Waals surface area contributed by atoms with Crippen molar-refractivity contribution in [2.75, 3.05) is 13.1 Å². The van der Waals surface area contributed by atoms with E-state index in [1.54, 1.807) is 0 Å². The Hall–Kier alpha value is 0.399. The first-order chi connectivity index (χ1) is 2.41. The first kappa shape index (κ1) is 15.7. The zero-order chi connectivity index (χ0) is 4.12. The van der Waals surface area contributed by atoms with E-state index < -0.39 is 0 Å². The number of hydrogen-bond acceptors (Lipinski definition) is 3. The van der Waals surface area contributed by atoms with E-state index in [0.29, 0.717) is 0 Å². The van der Waals surface area contributed by atoms with Crippen molar-refractivity contribution in [3.63, 3.8) is 0 Å². The fourth-order valence-corrected chi connectivity index (χ4v) is 0.118. The van der Waals surface area contributed by atoms with Crippen LogP contribution in [0.2, 0.25) is 0 Å². The molecule has 0 bridgehead atoms. The molecule has 0 radical (unpaired) electrons. The Bertz CT molecular complexity index is 17.7. The van der Waals surface area contributed by atoms with E-state index in [9.17, 15) is 0 Å². The van der Waals surface area contributed by atoms with Gasteiger partial charge in [-0.1, -0.05) is 0 Å². The van der Waals surface area contributed by atoms with Crippen LogP contribution < -0.4 is 17.6 Å². The van der Waals surface area contributed by atoms with Crippen molar-refractivity contribution in [1.29, 1.82) is 0 Å². The Morgan fingerprint density at radius 2 is 1.29 bits per heavy atom. The first-order valence-electron chi connectivity index (χ1n) is 1.82. The van der Waals surface area contributed by atoms with Crippen LogP contribution in [0.5, 0.6) is 0 Å². The molecule has 0 saturated heterocycles. The van der Waals surface area contributed by atoms with Crippen LogP contribution in [0.4, 0.5) is 0 Å². The molecule has 0 amide bonds. The minimum absolute atomic E-state index is 0. The van der Waals surface area contributed by atoms with Crippen molar-refractivity contribution in [1.82, 2.24) is 6.15 Å². The van der Waals surface area contributed by atoms with E-state index in [2.05, 4.69) is 0 Å². The molecule has 7 N–H and O–H groups in total. The van der Waals surface area contributed by atoms with Crippen LogP contribution in [0.25, 0.3) is 0 Å². The molecule has 48 valence electrons. The Morgan fingerprint density at radius 1 is 1.00 bits per heavy atom. The maximum absolute atomic E-state index is 5.06. The summed E-state index contributed by atoms with van der Waals surface area (Å²) in [5.74, 6) is 0. The summed E-state index contributed by atoms with van der Waals surface area (Å²) >= 11 is 0. The zero-order valence-electron chi connectivity index (χ0n) is 4.34. The summed E-state index contributed by atoms with van der Waals surface area (Å²) in [5, 5.41) is 0. The summed E-state index contributed by atoms with van der Waals surface area (Å²) in [6, 6.07) is 0. The topological polar surface area (TPSA) is 87.0 Å². The molecule has 0 rings (SSSR count). The van der Waals surface area contributed by atoms with E-state index in [1.165, 1.54) is 0 Å². The molecule has 0 aliphatic rings. The second-order valence-electron chi connectivity index (χ2n) is 0.931. The predicted octanol–water partition coefficient (Wildman–Crippen LogP) is -0.547. The van der Waals surface area contributed by atoms with Gasteiger partial charge in [0.15, 0.2) is 0 Å². The average Bonchev–Trinajstić information content (AvgIpc) is 1.41. The molecule has 7 heavy (non-hydrogen) atoms. The molecule has 0 heterocycles. The van der Waals surface area contributed by atoms with Gasteiger partial charge in [0, 0.05) is 17.1 Å². The van der Waals surface area contributed by atoms with E-state index in [4.69, 9.17) is 11.5 Å². The summed E-state index contributed by atoms with van der Waals surface area (Å²) in [5.41, 5.74) is 10.1. The van der Waals surface area contributed by atoms with Crippen LogP contribution in [0.1, 0.15) is 6.42 Å². The molecular weight excluding hydrogens is 134 g/mol. The van der Waals surface area contributed by atoms with Crippen molar-refractivity contribution in [3.05, 3.63) is 0 Å². The number of nitrogens with two attached hydrogens (primary N) is 2. The molecule has 0 fully saturated rings. The zero-order valence-corrected chi connectivity index (χ0v) is 5.44. The molecule has 0 aliphatic carbocycles. The van der Waals surface area contributed by atoms with Gasteiger partial charge in [-0.3, -0.25) is 0 Å². The SMILES string of the molecule is N.NCCCN.[Fe]. The van der Waals surface area contributed by atoms with Crippen molar-refractivity contribution >= 4 is 0 Å². The molecule has 0 aromatic heterocycles. The summed E-state index contributed by atoms with van der Waals surface area (Å²) in [6.45, 7) is 1.44. The summed E-state index contributed by atoms with van der Waals surface area (Å²) in [6.07, 6.45) is 0.944. The van der Waals surface area contributed by atoms with Gasteiger partial charge < -0.3 is 17.6 Å². The van der Waals surface area contributed by atoms with Gasteiger partial charge in [0.1, 0.15) is 0 Å². The number of hydrogen-bond donors (Lipinski definition) is 3. The standard InChI is InChI=1S/C3H10N2.Fe.H3N/c4-2-1-3-5;;/h1-5H2;;1H3. The van der Waals surface area contributed by atoms with E-state index in [1.807, 2.05) is 0 Å². The van der Waals surface area contributed by atoms with Gasteiger partial charge in [-0.25, -0.2) is 0 Å². The minimum atomic E-state index is 0. The second kappa shape index (κ2) is 16.1. The van der Waals surface area contributed by atoms with Gasteiger partial charge >= 0.3 is 0 Å². The van der Waals surface area contributed by atoms with Crippen LogP contribution >= 0.6 is 0 Å². The van der Waals surface area contributed by atoms with Crippen LogP contribution in [0.15, 0.2) is 0 Å². The molecular formula is C3H13FeN3. The normalized spacial score (nSPS) is 6.00. The van der Waals surface area contributed by atoms with Gasteiger partial charge in [-0.2, -0.15) is 0 Å². The molecule has 0 aliphatic heterocycles.